The van der Waals surface area contributed by atoms with Crippen molar-refractivity contribution in [1.29, 1.82) is 0 Å². The van der Waals surface area contributed by atoms with Crippen LogP contribution in [0.5, 0.6) is 0 Å². The summed E-state index contributed by atoms with van der Waals surface area (Å²) in [5, 5.41) is 5.05. The van der Waals surface area contributed by atoms with Crippen LogP contribution >= 0.6 is 0 Å². The molecule has 0 amide bonds. The Morgan fingerprint density at radius 1 is 0.477 bits per heavy atom. The number of rotatable bonds is 6. The lowest BCUT2D eigenvalue weighted by atomic mass is 9.85. The first-order valence-corrected chi connectivity index (χ1v) is 15.5. The molecule has 8 rings (SSSR count). The van der Waals surface area contributed by atoms with E-state index in [1.807, 2.05) is 0 Å². The lowest BCUT2D eigenvalue weighted by Gasteiger charge is -2.19. The molecule has 44 heavy (non-hydrogen) atoms. The third-order valence-electron chi connectivity index (χ3n) is 8.71. The average Bonchev–Trinajstić information content (AvgIpc) is 3.46. The SMILES string of the molecule is CCCc1nc2ccccc2n1-c1ccc(-c2c3ccccc3c(-c3ccccc3)c3cc(-c4ccccc4)ccc23)cc1. The van der Waals surface area contributed by atoms with Crippen LogP contribution in [0.25, 0.3) is 71.6 Å². The van der Waals surface area contributed by atoms with Gasteiger partial charge in [-0.3, -0.25) is 4.57 Å². The molecule has 7 aromatic carbocycles. The first kappa shape index (κ1) is 26.2. The summed E-state index contributed by atoms with van der Waals surface area (Å²) in [7, 11) is 0. The normalized spacial score (nSPS) is 11.5. The van der Waals surface area contributed by atoms with E-state index >= 15 is 0 Å². The molecular weight excluding hydrogens is 532 g/mol. The van der Waals surface area contributed by atoms with E-state index in [2.05, 4.69) is 163 Å². The van der Waals surface area contributed by atoms with Crippen molar-refractivity contribution in [2.75, 3.05) is 0 Å². The molecule has 8 aromatic rings. The largest absolute Gasteiger partial charge is 0.296 e. The molecule has 0 atom stereocenters. The van der Waals surface area contributed by atoms with Gasteiger partial charge in [-0.1, -0.05) is 128 Å². The quantitative estimate of drug-likeness (QED) is 0.184. The topological polar surface area (TPSA) is 17.8 Å². The van der Waals surface area contributed by atoms with Crippen molar-refractivity contribution in [2.45, 2.75) is 19.8 Å². The van der Waals surface area contributed by atoms with Crippen molar-refractivity contribution in [3.05, 3.63) is 157 Å². The lowest BCUT2D eigenvalue weighted by molar-refractivity contribution is 0.818. The molecule has 0 radical (unpaired) electrons. The Kier molecular flexibility index (Phi) is 6.53. The van der Waals surface area contributed by atoms with Gasteiger partial charge in [0.2, 0.25) is 0 Å². The predicted molar refractivity (Wildman–Crippen MR) is 186 cm³/mol. The standard InChI is InChI=1S/C42H32N2/c1-2-13-40-43-38-20-11-12-21-39(38)44(40)33-25-22-31(23-26-33)41-34-18-9-10-19-35(34)42(30-16-7-4-8-17-30)37-28-32(24-27-36(37)41)29-14-5-3-6-15-29/h3-12,14-28H,2,13H2,1H3. The Bertz CT molecular complexity index is 2260. The fourth-order valence-corrected chi connectivity index (χ4v) is 6.75. The van der Waals surface area contributed by atoms with Gasteiger partial charge < -0.3 is 0 Å². The summed E-state index contributed by atoms with van der Waals surface area (Å²) in [4.78, 5) is 4.98. The van der Waals surface area contributed by atoms with Gasteiger partial charge in [0.1, 0.15) is 5.82 Å². The smallest absolute Gasteiger partial charge is 0.114 e. The first-order valence-electron chi connectivity index (χ1n) is 15.5. The zero-order valence-corrected chi connectivity index (χ0v) is 24.7. The van der Waals surface area contributed by atoms with Crippen LogP contribution < -0.4 is 0 Å². The molecule has 0 bridgehead atoms. The highest BCUT2D eigenvalue weighted by Gasteiger charge is 2.18. The molecular formula is C42H32N2. The van der Waals surface area contributed by atoms with E-state index in [-0.39, 0.29) is 0 Å². The van der Waals surface area contributed by atoms with Gasteiger partial charge in [0, 0.05) is 12.1 Å². The maximum atomic E-state index is 4.98. The molecule has 1 aromatic heterocycles. The zero-order valence-electron chi connectivity index (χ0n) is 24.7. The monoisotopic (exact) mass is 564 g/mol. The number of hydrogen-bond acceptors (Lipinski definition) is 1. The number of imidazole rings is 1. The number of fused-ring (bicyclic) bond motifs is 3. The van der Waals surface area contributed by atoms with E-state index in [1.54, 1.807) is 0 Å². The molecule has 0 aliphatic rings. The minimum absolute atomic E-state index is 0.941. The van der Waals surface area contributed by atoms with E-state index in [1.165, 1.54) is 54.9 Å². The fraction of sp³-hybridized carbons (Fsp3) is 0.0714. The predicted octanol–water partition coefficient (Wildman–Crippen LogP) is 11.3. The number of para-hydroxylation sites is 2. The summed E-state index contributed by atoms with van der Waals surface area (Å²) in [6.07, 6.45) is 1.99. The van der Waals surface area contributed by atoms with E-state index in [0.29, 0.717) is 0 Å². The van der Waals surface area contributed by atoms with Crippen molar-refractivity contribution in [1.82, 2.24) is 9.55 Å². The maximum Gasteiger partial charge on any atom is 0.114 e. The summed E-state index contributed by atoms with van der Waals surface area (Å²) >= 11 is 0. The van der Waals surface area contributed by atoms with E-state index in [4.69, 9.17) is 4.98 Å². The van der Waals surface area contributed by atoms with Crippen molar-refractivity contribution in [3.63, 3.8) is 0 Å². The second-order valence-corrected chi connectivity index (χ2v) is 11.4. The van der Waals surface area contributed by atoms with Crippen LogP contribution in [0.4, 0.5) is 0 Å². The number of nitrogens with zero attached hydrogens (tertiary/aromatic N) is 2. The molecule has 0 fully saturated rings. The molecule has 1 heterocycles. The van der Waals surface area contributed by atoms with E-state index < -0.39 is 0 Å². The Morgan fingerprint density at radius 2 is 1.02 bits per heavy atom. The Balaban J connectivity index is 1.38. The highest BCUT2D eigenvalue weighted by atomic mass is 15.1. The molecule has 2 heteroatoms. The summed E-state index contributed by atoms with van der Waals surface area (Å²) < 4.78 is 2.32. The molecule has 0 aliphatic heterocycles. The van der Waals surface area contributed by atoms with E-state index in [0.717, 1.165) is 35.4 Å². The highest BCUT2D eigenvalue weighted by Crippen LogP contribution is 2.45. The Labute approximate surface area is 257 Å². The molecule has 0 unspecified atom stereocenters. The van der Waals surface area contributed by atoms with Crippen LogP contribution in [0.15, 0.2) is 152 Å². The Morgan fingerprint density at radius 3 is 1.73 bits per heavy atom. The van der Waals surface area contributed by atoms with Gasteiger partial charge in [0.25, 0.3) is 0 Å². The number of aryl methyl sites for hydroxylation is 1. The van der Waals surface area contributed by atoms with Crippen molar-refractivity contribution in [3.8, 4) is 39.1 Å². The van der Waals surface area contributed by atoms with Gasteiger partial charge in [0.15, 0.2) is 0 Å². The van der Waals surface area contributed by atoms with Crippen LogP contribution in [0, 0.1) is 0 Å². The van der Waals surface area contributed by atoms with Crippen molar-refractivity contribution in [2.24, 2.45) is 0 Å². The number of hydrogen-bond donors (Lipinski definition) is 0. The van der Waals surface area contributed by atoms with Crippen LogP contribution in [0.3, 0.4) is 0 Å². The van der Waals surface area contributed by atoms with Gasteiger partial charge in [0.05, 0.1) is 11.0 Å². The van der Waals surface area contributed by atoms with Crippen LogP contribution in [0.2, 0.25) is 0 Å². The van der Waals surface area contributed by atoms with Gasteiger partial charge >= 0.3 is 0 Å². The fourth-order valence-electron chi connectivity index (χ4n) is 6.75. The summed E-state index contributed by atoms with van der Waals surface area (Å²) in [5.74, 6) is 1.11. The lowest BCUT2D eigenvalue weighted by Crippen LogP contribution is -2.01. The molecule has 2 nitrogen and oxygen atoms in total. The number of aromatic nitrogens is 2. The average molecular weight is 565 g/mol. The van der Waals surface area contributed by atoms with Gasteiger partial charge in [-0.05, 0) is 91.7 Å². The third kappa shape index (κ3) is 4.39. The zero-order chi connectivity index (χ0) is 29.5. The van der Waals surface area contributed by atoms with Crippen molar-refractivity contribution < 1.29 is 0 Å². The molecule has 0 saturated carbocycles. The molecule has 0 aliphatic carbocycles. The van der Waals surface area contributed by atoms with E-state index in [9.17, 15) is 0 Å². The van der Waals surface area contributed by atoms with Crippen LogP contribution in [-0.4, -0.2) is 9.55 Å². The Hall–Kier alpha value is -5.47. The van der Waals surface area contributed by atoms with Crippen LogP contribution in [-0.2, 0) is 6.42 Å². The molecule has 0 spiro atoms. The summed E-state index contributed by atoms with van der Waals surface area (Å²) in [6, 6.07) is 54.9. The molecule has 0 N–H and O–H groups in total. The highest BCUT2D eigenvalue weighted by molar-refractivity contribution is 6.22. The minimum Gasteiger partial charge on any atom is -0.296 e. The summed E-state index contributed by atoms with van der Waals surface area (Å²) in [6.45, 7) is 2.21. The second kappa shape index (κ2) is 11.0. The maximum absolute atomic E-state index is 4.98. The minimum atomic E-state index is 0.941. The summed E-state index contributed by atoms with van der Waals surface area (Å²) in [5.41, 5.74) is 10.8. The first-order chi connectivity index (χ1) is 21.8. The number of benzene rings is 7. The van der Waals surface area contributed by atoms with Gasteiger partial charge in [-0.15, -0.1) is 0 Å². The third-order valence-corrected chi connectivity index (χ3v) is 8.71. The van der Waals surface area contributed by atoms with Gasteiger partial charge in [-0.2, -0.15) is 0 Å². The van der Waals surface area contributed by atoms with Crippen LogP contribution in [0.1, 0.15) is 19.2 Å². The second-order valence-electron chi connectivity index (χ2n) is 11.4. The molecule has 210 valence electrons. The van der Waals surface area contributed by atoms with Crippen molar-refractivity contribution >= 4 is 32.6 Å². The van der Waals surface area contributed by atoms with Gasteiger partial charge in [-0.25, -0.2) is 4.98 Å². The molecule has 0 saturated heterocycles.